The van der Waals surface area contributed by atoms with Crippen molar-refractivity contribution >= 4 is 16.7 Å². The van der Waals surface area contributed by atoms with Gasteiger partial charge < -0.3 is 5.73 Å². The third-order valence-electron chi connectivity index (χ3n) is 1.78. The second-order valence-electron chi connectivity index (χ2n) is 2.66. The van der Waals surface area contributed by atoms with Crippen molar-refractivity contribution in [2.24, 2.45) is 0 Å². The summed E-state index contributed by atoms with van der Waals surface area (Å²) >= 11 is 0. The first kappa shape index (κ1) is 7.91. The van der Waals surface area contributed by atoms with Gasteiger partial charge >= 0.3 is 0 Å². The maximum absolute atomic E-state index is 13.1. The fourth-order valence-electron chi connectivity index (χ4n) is 1.16. The minimum absolute atomic E-state index is 0.0278. The lowest BCUT2D eigenvalue weighted by molar-refractivity contribution is 0.615. The number of aromatic nitrogens is 1. The zero-order valence-corrected chi connectivity index (χ0v) is 6.59. The third-order valence-corrected chi connectivity index (χ3v) is 1.78. The molecule has 0 radical (unpaired) electrons. The van der Waals surface area contributed by atoms with E-state index in [4.69, 9.17) is 5.73 Å². The Kier molecular flexibility index (Phi) is 1.62. The highest BCUT2D eigenvalue weighted by atomic mass is 19.1. The van der Waals surface area contributed by atoms with E-state index in [9.17, 15) is 8.78 Å². The van der Waals surface area contributed by atoms with E-state index in [1.165, 1.54) is 12.1 Å². The number of nitrogens with two attached hydrogens (primary N) is 1. The van der Waals surface area contributed by atoms with E-state index in [1.54, 1.807) is 0 Å². The number of nitrogens with zero attached hydrogens (tertiary/aromatic N) is 1. The molecule has 2 nitrogen and oxygen atoms in total. The first-order chi connectivity index (χ1) is 6.18. The molecule has 0 saturated heterocycles. The lowest BCUT2D eigenvalue weighted by atomic mass is 10.2. The molecule has 0 unspecified atom stereocenters. The van der Waals surface area contributed by atoms with Crippen LogP contribution in [0.3, 0.4) is 0 Å². The SMILES string of the molecule is Nc1ccc2c(F)ccc(F)c2n1. The standard InChI is InChI=1S/C9H6F2N2/c10-6-2-3-7(11)9-5(6)1-4-8(12)13-9/h1-4H,(H2,12,13). The second-order valence-corrected chi connectivity index (χ2v) is 2.66. The van der Waals surface area contributed by atoms with Crippen LogP contribution in [0, 0.1) is 11.6 Å². The number of anilines is 1. The average molecular weight is 180 g/mol. The molecule has 0 amide bonds. The van der Waals surface area contributed by atoms with Crippen LogP contribution in [0.25, 0.3) is 10.9 Å². The summed E-state index contributed by atoms with van der Waals surface area (Å²) < 4.78 is 26.1. The lowest BCUT2D eigenvalue weighted by Crippen LogP contribution is -1.93. The molecule has 0 bridgehead atoms. The molecule has 2 N–H and O–H groups in total. The van der Waals surface area contributed by atoms with Crippen molar-refractivity contribution in [3.63, 3.8) is 0 Å². The van der Waals surface area contributed by atoms with E-state index < -0.39 is 11.6 Å². The van der Waals surface area contributed by atoms with Crippen molar-refractivity contribution in [2.45, 2.75) is 0 Å². The molecule has 66 valence electrons. The molecular weight excluding hydrogens is 174 g/mol. The largest absolute Gasteiger partial charge is 0.384 e. The minimum Gasteiger partial charge on any atom is -0.384 e. The van der Waals surface area contributed by atoms with Gasteiger partial charge in [0.05, 0.1) is 0 Å². The highest BCUT2D eigenvalue weighted by molar-refractivity contribution is 5.81. The van der Waals surface area contributed by atoms with E-state index in [1.807, 2.05) is 0 Å². The fraction of sp³-hybridized carbons (Fsp3) is 0. The summed E-state index contributed by atoms with van der Waals surface area (Å²) in [5, 5.41) is 0.147. The molecule has 1 heterocycles. The summed E-state index contributed by atoms with van der Waals surface area (Å²) in [7, 11) is 0. The summed E-state index contributed by atoms with van der Waals surface area (Å²) in [6.07, 6.45) is 0. The normalized spacial score (nSPS) is 10.6. The van der Waals surface area contributed by atoms with E-state index in [0.717, 1.165) is 12.1 Å². The molecule has 2 rings (SSSR count). The zero-order chi connectivity index (χ0) is 9.42. The molecular formula is C9H6F2N2. The van der Waals surface area contributed by atoms with Gasteiger partial charge in [-0.2, -0.15) is 0 Å². The smallest absolute Gasteiger partial charge is 0.149 e. The van der Waals surface area contributed by atoms with Gasteiger partial charge in [-0.1, -0.05) is 0 Å². The monoisotopic (exact) mass is 180 g/mol. The number of rotatable bonds is 0. The Labute approximate surface area is 73.0 Å². The molecule has 0 fully saturated rings. The molecule has 0 saturated carbocycles. The summed E-state index contributed by atoms with van der Waals surface area (Å²) in [4.78, 5) is 3.70. The predicted octanol–water partition coefficient (Wildman–Crippen LogP) is 2.10. The number of pyridine rings is 1. The van der Waals surface area contributed by atoms with Crippen molar-refractivity contribution in [2.75, 3.05) is 5.73 Å². The first-order valence-electron chi connectivity index (χ1n) is 3.69. The van der Waals surface area contributed by atoms with Crippen molar-refractivity contribution in [1.82, 2.24) is 4.98 Å². The van der Waals surface area contributed by atoms with Gasteiger partial charge in [0.25, 0.3) is 0 Å². The quantitative estimate of drug-likeness (QED) is 0.674. The number of hydrogen-bond acceptors (Lipinski definition) is 2. The van der Waals surface area contributed by atoms with E-state index >= 15 is 0 Å². The average Bonchev–Trinajstić information content (AvgIpc) is 2.12. The van der Waals surface area contributed by atoms with Gasteiger partial charge in [0, 0.05) is 5.39 Å². The molecule has 0 aliphatic rings. The number of hydrogen-bond donors (Lipinski definition) is 1. The fourth-order valence-corrected chi connectivity index (χ4v) is 1.16. The van der Waals surface area contributed by atoms with Crippen LogP contribution in [-0.2, 0) is 0 Å². The minimum atomic E-state index is -0.566. The molecule has 2 aromatic rings. The highest BCUT2D eigenvalue weighted by Crippen LogP contribution is 2.19. The van der Waals surface area contributed by atoms with Gasteiger partial charge in [-0.3, -0.25) is 0 Å². The van der Waals surface area contributed by atoms with E-state index in [-0.39, 0.29) is 16.7 Å². The topological polar surface area (TPSA) is 38.9 Å². The molecule has 1 aromatic heterocycles. The van der Waals surface area contributed by atoms with Crippen LogP contribution in [0.5, 0.6) is 0 Å². The molecule has 0 aliphatic carbocycles. The summed E-state index contributed by atoms with van der Waals surface area (Å²) in [6.45, 7) is 0. The summed E-state index contributed by atoms with van der Waals surface area (Å²) in [5.74, 6) is -0.885. The Bertz CT molecular complexity index is 468. The Morgan fingerprint density at radius 1 is 1.00 bits per heavy atom. The van der Waals surface area contributed by atoms with Gasteiger partial charge in [0.15, 0.2) is 0 Å². The Morgan fingerprint density at radius 3 is 2.46 bits per heavy atom. The van der Waals surface area contributed by atoms with Crippen LogP contribution < -0.4 is 5.73 Å². The van der Waals surface area contributed by atoms with Gasteiger partial charge in [-0.25, -0.2) is 13.8 Å². The van der Waals surface area contributed by atoms with Crippen molar-refractivity contribution in [3.05, 3.63) is 35.9 Å². The first-order valence-corrected chi connectivity index (χ1v) is 3.69. The highest BCUT2D eigenvalue weighted by Gasteiger charge is 2.06. The molecule has 0 spiro atoms. The molecule has 0 aliphatic heterocycles. The van der Waals surface area contributed by atoms with Crippen LogP contribution >= 0.6 is 0 Å². The van der Waals surface area contributed by atoms with Gasteiger partial charge in [0.2, 0.25) is 0 Å². The maximum Gasteiger partial charge on any atom is 0.149 e. The van der Waals surface area contributed by atoms with Crippen LogP contribution in [0.15, 0.2) is 24.3 Å². The Balaban J connectivity index is 2.92. The van der Waals surface area contributed by atoms with Crippen LogP contribution in [0.2, 0.25) is 0 Å². The number of halogens is 2. The van der Waals surface area contributed by atoms with Crippen LogP contribution in [0.4, 0.5) is 14.6 Å². The van der Waals surface area contributed by atoms with Gasteiger partial charge in [-0.15, -0.1) is 0 Å². The van der Waals surface area contributed by atoms with Crippen LogP contribution in [0.1, 0.15) is 0 Å². The van der Waals surface area contributed by atoms with Crippen molar-refractivity contribution in [1.29, 1.82) is 0 Å². The number of benzene rings is 1. The molecule has 13 heavy (non-hydrogen) atoms. The van der Waals surface area contributed by atoms with Crippen LogP contribution in [-0.4, -0.2) is 4.98 Å². The number of nitrogen functional groups attached to an aromatic ring is 1. The Hall–Kier alpha value is -1.71. The van der Waals surface area contributed by atoms with Crippen molar-refractivity contribution < 1.29 is 8.78 Å². The van der Waals surface area contributed by atoms with Crippen molar-refractivity contribution in [3.8, 4) is 0 Å². The Morgan fingerprint density at radius 2 is 1.69 bits per heavy atom. The molecule has 0 atom stereocenters. The lowest BCUT2D eigenvalue weighted by Gasteiger charge is -2.00. The number of fused-ring (bicyclic) bond motifs is 1. The summed E-state index contributed by atoms with van der Waals surface area (Å²) in [6, 6.07) is 4.95. The maximum atomic E-state index is 13.1. The van der Waals surface area contributed by atoms with Gasteiger partial charge in [0.1, 0.15) is 23.0 Å². The molecule has 4 heteroatoms. The van der Waals surface area contributed by atoms with E-state index in [0.29, 0.717) is 0 Å². The van der Waals surface area contributed by atoms with E-state index in [2.05, 4.69) is 4.98 Å². The second kappa shape index (κ2) is 2.65. The van der Waals surface area contributed by atoms with Gasteiger partial charge in [-0.05, 0) is 24.3 Å². The third kappa shape index (κ3) is 1.20. The predicted molar refractivity (Wildman–Crippen MR) is 46.1 cm³/mol. The summed E-state index contributed by atoms with van der Waals surface area (Å²) in [5.41, 5.74) is 5.31. The zero-order valence-electron chi connectivity index (χ0n) is 6.59. The molecule has 1 aromatic carbocycles.